The molecule has 1 saturated heterocycles. The highest BCUT2D eigenvalue weighted by Crippen LogP contribution is 2.30. The van der Waals surface area contributed by atoms with Crippen molar-refractivity contribution in [3.8, 4) is 0 Å². The molecule has 0 amide bonds. The van der Waals surface area contributed by atoms with Gasteiger partial charge in [0.1, 0.15) is 0 Å². The number of hydrogen-bond donors (Lipinski definition) is 1. The zero-order valence-electron chi connectivity index (χ0n) is 9.56. The Morgan fingerprint density at radius 3 is 3.12 bits per heavy atom. The summed E-state index contributed by atoms with van der Waals surface area (Å²) in [7, 11) is 0. The molecule has 0 spiro atoms. The Balaban J connectivity index is 2.14. The van der Waals surface area contributed by atoms with E-state index >= 15 is 0 Å². The Morgan fingerprint density at radius 2 is 2.44 bits per heavy atom. The quantitative estimate of drug-likeness (QED) is 0.860. The minimum Gasteiger partial charge on any atom is -0.370 e. The average molecular weight is 240 g/mol. The first kappa shape index (κ1) is 11.7. The molecule has 0 saturated carbocycles. The van der Waals surface area contributed by atoms with Crippen molar-refractivity contribution in [2.45, 2.75) is 13.3 Å². The maximum Gasteiger partial charge on any atom is 0.0822 e. The molecule has 3 nitrogen and oxygen atoms in total. The second-order valence-corrected chi connectivity index (χ2v) is 4.94. The van der Waals surface area contributed by atoms with Crippen LogP contribution in [0.2, 0.25) is 5.02 Å². The van der Waals surface area contributed by atoms with Crippen molar-refractivity contribution in [3.63, 3.8) is 0 Å². The van der Waals surface area contributed by atoms with Gasteiger partial charge in [0, 0.05) is 25.5 Å². The van der Waals surface area contributed by atoms with E-state index < -0.39 is 0 Å². The van der Waals surface area contributed by atoms with Gasteiger partial charge in [0.2, 0.25) is 0 Å². The third-order valence-electron chi connectivity index (χ3n) is 3.51. The van der Waals surface area contributed by atoms with Gasteiger partial charge in [-0.05, 0) is 30.9 Å². The standard InChI is InChI=1S/C12H18ClN3/c1-9-3-5-16(8-10(9)6-14)12-2-4-15-7-11(12)13/h2,4,7,9-10H,3,5-6,8,14H2,1H3. The maximum atomic E-state index is 6.15. The number of piperidine rings is 1. The van der Waals surface area contributed by atoms with Crippen LogP contribution < -0.4 is 10.6 Å². The number of pyridine rings is 1. The smallest absolute Gasteiger partial charge is 0.0822 e. The molecule has 88 valence electrons. The van der Waals surface area contributed by atoms with Crippen molar-refractivity contribution in [1.82, 2.24) is 4.98 Å². The summed E-state index contributed by atoms with van der Waals surface area (Å²) < 4.78 is 0. The molecular weight excluding hydrogens is 222 g/mol. The normalized spacial score (nSPS) is 25.8. The Morgan fingerprint density at radius 1 is 1.62 bits per heavy atom. The average Bonchev–Trinajstić information content (AvgIpc) is 2.31. The highest BCUT2D eigenvalue weighted by atomic mass is 35.5. The topological polar surface area (TPSA) is 42.2 Å². The molecule has 0 radical (unpaired) electrons. The van der Waals surface area contributed by atoms with Crippen LogP contribution in [0.25, 0.3) is 0 Å². The van der Waals surface area contributed by atoms with Gasteiger partial charge in [-0.2, -0.15) is 0 Å². The summed E-state index contributed by atoms with van der Waals surface area (Å²) in [6.45, 7) is 5.09. The molecular formula is C12H18ClN3. The number of aromatic nitrogens is 1. The van der Waals surface area contributed by atoms with Gasteiger partial charge < -0.3 is 10.6 Å². The lowest BCUT2D eigenvalue weighted by molar-refractivity contribution is 0.308. The van der Waals surface area contributed by atoms with E-state index in [0.29, 0.717) is 11.8 Å². The van der Waals surface area contributed by atoms with Gasteiger partial charge in [0.05, 0.1) is 10.7 Å². The molecule has 1 fully saturated rings. The number of halogens is 1. The zero-order chi connectivity index (χ0) is 11.5. The molecule has 2 N–H and O–H groups in total. The number of hydrogen-bond acceptors (Lipinski definition) is 3. The molecule has 1 aliphatic rings. The minimum absolute atomic E-state index is 0.568. The van der Waals surface area contributed by atoms with E-state index in [0.717, 1.165) is 30.3 Å². The fraction of sp³-hybridized carbons (Fsp3) is 0.583. The fourth-order valence-electron chi connectivity index (χ4n) is 2.30. The van der Waals surface area contributed by atoms with Gasteiger partial charge >= 0.3 is 0 Å². The summed E-state index contributed by atoms with van der Waals surface area (Å²) in [6, 6.07) is 1.98. The summed E-state index contributed by atoms with van der Waals surface area (Å²) in [5.41, 5.74) is 6.89. The van der Waals surface area contributed by atoms with Crippen LogP contribution in [-0.2, 0) is 0 Å². The van der Waals surface area contributed by atoms with E-state index in [4.69, 9.17) is 17.3 Å². The number of nitrogens with zero attached hydrogens (tertiary/aromatic N) is 2. The molecule has 0 bridgehead atoms. The first-order chi connectivity index (χ1) is 7.72. The van der Waals surface area contributed by atoms with E-state index in [2.05, 4.69) is 16.8 Å². The van der Waals surface area contributed by atoms with E-state index in [-0.39, 0.29) is 0 Å². The van der Waals surface area contributed by atoms with E-state index in [1.807, 2.05) is 6.07 Å². The van der Waals surface area contributed by atoms with Crippen molar-refractivity contribution in [2.24, 2.45) is 17.6 Å². The predicted octanol–water partition coefficient (Wildman–Crippen LogP) is 2.16. The van der Waals surface area contributed by atoms with Crippen LogP contribution in [0.3, 0.4) is 0 Å². The van der Waals surface area contributed by atoms with E-state index in [9.17, 15) is 0 Å². The van der Waals surface area contributed by atoms with Crippen LogP contribution >= 0.6 is 11.6 Å². The third-order valence-corrected chi connectivity index (χ3v) is 3.80. The van der Waals surface area contributed by atoms with Gasteiger partial charge in [-0.15, -0.1) is 0 Å². The first-order valence-electron chi connectivity index (χ1n) is 5.77. The van der Waals surface area contributed by atoms with Crippen molar-refractivity contribution in [2.75, 3.05) is 24.5 Å². The second kappa shape index (κ2) is 5.02. The maximum absolute atomic E-state index is 6.15. The Bertz CT molecular complexity index is 356. The Kier molecular flexibility index (Phi) is 3.66. The highest BCUT2D eigenvalue weighted by Gasteiger charge is 2.25. The van der Waals surface area contributed by atoms with Gasteiger partial charge in [0.25, 0.3) is 0 Å². The summed E-state index contributed by atoms with van der Waals surface area (Å²) in [5.74, 6) is 1.28. The van der Waals surface area contributed by atoms with E-state index in [1.54, 1.807) is 12.4 Å². The van der Waals surface area contributed by atoms with Crippen LogP contribution in [0.15, 0.2) is 18.5 Å². The SMILES string of the molecule is CC1CCN(c2ccncc2Cl)CC1CN. The third kappa shape index (κ3) is 2.30. The van der Waals surface area contributed by atoms with Crippen molar-refractivity contribution < 1.29 is 0 Å². The summed E-state index contributed by atoms with van der Waals surface area (Å²) in [4.78, 5) is 6.33. The molecule has 0 aliphatic carbocycles. The summed E-state index contributed by atoms with van der Waals surface area (Å²) in [5, 5.41) is 0.729. The second-order valence-electron chi connectivity index (χ2n) is 4.53. The lowest BCUT2D eigenvalue weighted by Crippen LogP contribution is -2.42. The molecule has 1 aromatic heterocycles. The largest absolute Gasteiger partial charge is 0.370 e. The summed E-state index contributed by atoms with van der Waals surface area (Å²) >= 11 is 6.15. The van der Waals surface area contributed by atoms with Crippen LogP contribution in [0.5, 0.6) is 0 Å². The minimum atomic E-state index is 0.568. The Labute approximate surface area is 102 Å². The number of nitrogens with two attached hydrogens (primary N) is 1. The molecule has 1 aromatic rings. The molecule has 0 aromatic carbocycles. The van der Waals surface area contributed by atoms with Crippen molar-refractivity contribution in [3.05, 3.63) is 23.5 Å². The lowest BCUT2D eigenvalue weighted by Gasteiger charge is -2.38. The number of rotatable bonds is 2. The molecule has 1 aliphatic heterocycles. The van der Waals surface area contributed by atoms with Gasteiger partial charge in [0.15, 0.2) is 0 Å². The van der Waals surface area contributed by atoms with Crippen molar-refractivity contribution in [1.29, 1.82) is 0 Å². The molecule has 2 heterocycles. The fourth-order valence-corrected chi connectivity index (χ4v) is 2.54. The molecule has 2 rings (SSSR count). The van der Waals surface area contributed by atoms with Crippen LogP contribution in [-0.4, -0.2) is 24.6 Å². The van der Waals surface area contributed by atoms with Crippen LogP contribution in [0, 0.1) is 11.8 Å². The molecule has 2 atom stereocenters. The molecule has 4 heteroatoms. The predicted molar refractivity (Wildman–Crippen MR) is 67.8 cm³/mol. The van der Waals surface area contributed by atoms with E-state index in [1.165, 1.54) is 6.42 Å². The van der Waals surface area contributed by atoms with Crippen molar-refractivity contribution >= 4 is 17.3 Å². The van der Waals surface area contributed by atoms with Gasteiger partial charge in [-0.25, -0.2) is 0 Å². The molecule has 16 heavy (non-hydrogen) atoms. The number of anilines is 1. The Hall–Kier alpha value is -0.800. The van der Waals surface area contributed by atoms with Gasteiger partial charge in [-0.3, -0.25) is 4.98 Å². The highest BCUT2D eigenvalue weighted by molar-refractivity contribution is 6.33. The van der Waals surface area contributed by atoms with Crippen LogP contribution in [0.1, 0.15) is 13.3 Å². The van der Waals surface area contributed by atoms with Gasteiger partial charge in [-0.1, -0.05) is 18.5 Å². The molecule has 2 unspecified atom stereocenters. The monoisotopic (exact) mass is 239 g/mol. The summed E-state index contributed by atoms with van der Waals surface area (Å²) in [6.07, 6.45) is 4.67. The van der Waals surface area contributed by atoms with Crippen LogP contribution in [0.4, 0.5) is 5.69 Å². The lowest BCUT2D eigenvalue weighted by atomic mass is 9.87. The zero-order valence-corrected chi connectivity index (χ0v) is 10.3. The first-order valence-corrected chi connectivity index (χ1v) is 6.14.